The van der Waals surface area contributed by atoms with Crippen molar-refractivity contribution >= 4 is 119 Å². The third-order valence-electron chi connectivity index (χ3n) is 17.8. The lowest BCUT2D eigenvalue weighted by atomic mass is 10.00. The van der Waals surface area contributed by atoms with E-state index >= 15 is 14.4 Å². The number of carbonyl (C=O) groups is 14. The monoisotopic (exact) mass is 1610 g/mol. The second-order valence-electron chi connectivity index (χ2n) is 26.7. The number of rotatable bonds is 49. The van der Waals surface area contributed by atoms with Crippen LogP contribution in [0.4, 0.5) is 0 Å². The molecule has 616 valence electrons. The average molecular weight is 1610 g/mol. The first-order valence-electron chi connectivity index (χ1n) is 37.5. The summed E-state index contributed by atoms with van der Waals surface area (Å²) in [7, 11) is 0. The second-order valence-corrected chi connectivity index (χ2v) is 27.5. The van der Waals surface area contributed by atoms with Crippen molar-refractivity contribution in [2.75, 3.05) is 44.4 Å². The van der Waals surface area contributed by atoms with Crippen LogP contribution in [-0.2, 0) is 92.8 Å². The van der Waals surface area contributed by atoms with Gasteiger partial charge in [0.1, 0.15) is 78.5 Å². The van der Waals surface area contributed by atoms with Crippen LogP contribution in [0.15, 0.2) is 121 Å². The molecule has 4 aromatic carbocycles. The molecule has 25 N–H and O–H groups in total. The first kappa shape index (κ1) is 89.6. The highest BCUT2D eigenvalue weighted by Crippen LogP contribution is 2.21. The number of aliphatic hydroxyl groups excluding tert-OH is 4. The zero-order valence-corrected chi connectivity index (χ0v) is 64.5. The summed E-state index contributed by atoms with van der Waals surface area (Å²) in [5.74, 6) is -16.1. The van der Waals surface area contributed by atoms with Gasteiger partial charge in [-0.2, -0.15) is 25.3 Å². The fraction of sp³-hybridized carbons (Fsp3) is 0.467. The number of nitrogens with one attached hydrogen (secondary N) is 14. The summed E-state index contributed by atoms with van der Waals surface area (Å²) in [6.45, 7) is 1.22. The van der Waals surface area contributed by atoms with E-state index in [2.05, 4.69) is 83.4 Å². The van der Waals surface area contributed by atoms with Crippen LogP contribution in [0.5, 0.6) is 0 Å². The minimum Gasteiger partial charge on any atom is -0.480 e. The van der Waals surface area contributed by atoms with Gasteiger partial charge in [-0.25, -0.2) is 4.79 Å². The Morgan fingerprint density at radius 2 is 0.823 bits per heavy atom. The van der Waals surface area contributed by atoms with Crippen molar-refractivity contribution in [2.24, 2.45) is 17.2 Å². The van der Waals surface area contributed by atoms with Gasteiger partial charge in [0.2, 0.25) is 76.8 Å². The Morgan fingerprint density at radius 3 is 1.32 bits per heavy atom. The molecule has 0 unspecified atom stereocenters. The number of aromatic amines is 1. The van der Waals surface area contributed by atoms with E-state index in [9.17, 15) is 79.7 Å². The van der Waals surface area contributed by atoms with E-state index in [0.29, 0.717) is 51.3 Å². The van der Waals surface area contributed by atoms with Crippen molar-refractivity contribution < 1.29 is 95.5 Å². The number of carboxylic acids is 1. The number of H-pyrrole nitrogens is 1. The Labute approximate surface area is 666 Å². The number of thiol groups is 2. The van der Waals surface area contributed by atoms with E-state index < -0.39 is 199 Å². The zero-order chi connectivity index (χ0) is 85.0. The minimum atomic E-state index is -2.07. The first-order valence-corrected chi connectivity index (χ1v) is 37.9. The lowest BCUT2D eigenvalue weighted by molar-refractivity contribution is -0.142. The molecule has 1 heterocycles. The number of carboxylic acid groups (broad SMARTS) is 1. The molecule has 1 aromatic heterocycles. The Bertz CT molecular complexity index is 4070. The molecule has 15 atom stereocenters. The standard InChI is InChI=1S/C75H105N17O19S2/c1-41(81-65(100)51(27-15-17-29-76)84-72(107)58(39-112)82-60(97)36-80-64(99)49(78)37-93)63(98)85-53(31-44-19-7-4-8-20-44)67(102)86-54(32-45-21-9-5-10-22-45)68(103)87-56(34-47-35-79-50-26-14-13-25-48(47)50)69(104)83-52(28-16-18-30-77)66(101)91-61(42(2)95)73(108)88-55(33-46-23-11-6-12-24-46)70(105)92-62(43(3)96)74(109)89-57(38-94)71(106)90-59(40-113)75(110)111/h4-14,19-26,35,41-43,49,51-59,61-62,79,93-96,112-113H,15-18,27-34,36-40,76-78H2,1-3H3,(H,80,99)(H,81,100)(H,82,97)(H,83,104)(H,84,107)(H,85,98)(H,86,102)(H,87,103)(H,88,108)(H,89,109)(H,90,106)(H,91,101)(H,92,105)(H,110,111)/t41-,42+,43+,49+,51-,52-,53-,54-,55-,56-,57-,58-,59-,61-,62-/m0/s1/i/hD2. The highest BCUT2D eigenvalue weighted by atomic mass is 32.1. The Kier molecular flexibility index (Phi) is 38.4. The highest BCUT2D eigenvalue weighted by molar-refractivity contribution is 7.80. The molecule has 0 saturated heterocycles. The summed E-state index contributed by atoms with van der Waals surface area (Å²) in [5, 5.41) is 78.7. The Balaban J connectivity index is 1.46. The topological polar surface area (TPSA) is 590 Å². The number of para-hydroxylation sites is 1. The smallest absolute Gasteiger partial charge is 0.327 e. The summed E-state index contributed by atoms with van der Waals surface area (Å²) in [4.78, 5) is 198. The quantitative estimate of drug-likeness (QED) is 0.0128. The van der Waals surface area contributed by atoms with Crippen LogP contribution in [-0.4, -0.2) is 248 Å². The van der Waals surface area contributed by atoms with Crippen molar-refractivity contribution in [3.05, 3.63) is 144 Å². The van der Waals surface area contributed by atoms with E-state index in [4.69, 9.17) is 18.6 Å². The molecule has 113 heavy (non-hydrogen) atoms. The number of hydrogen-bond acceptors (Lipinski definition) is 23. The molecule has 5 aromatic rings. The third-order valence-corrected chi connectivity index (χ3v) is 18.5. The summed E-state index contributed by atoms with van der Waals surface area (Å²) in [6, 6.07) is 9.71. The number of amides is 13. The number of hydrogen-bond donors (Lipinski definition) is 24. The van der Waals surface area contributed by atoms with E-state index in [1.165, 1.54) is 6.92 Å². The van der Waals surface area contributed by atoms with Gasteiger partial charge in [-0.3, -0.25) is 62.3 Å². The molecule has 36 nitrogen and oxygen atoms in total. The van der Waals surface area contributed by atoms with Gasteiger partial charge in [-0.1, -0.05) is 109 Å². The normalized spacial score (nSPS) is 15.4. The third kappa shape index (κ3) is 30.8. The Morgan fingerprint density at radius 1 is 0.425 bits per heavy atom. The van der Waals surface area contributed by atoms with Crippen LogP contribution in [0.25, 0.3) is 10.9 Å². The zero-order valence-electron chi connectivity index (χ0n) is 64.7. The predicted octanol–water partition coefficient (Wildman–Crippen LogP) is -5.33. The van der Waals surface area contributed by atoms with Gasteiger partial charge in [0.05, 0.1) is 32.0 Å². The minimum absolute atomic E-state index is 0.0132. The SMILES string of the molecule is [2H]N(C(=O)[C@H](Cc1ccccc1)NC(=O)[C@H](C)NC(=O)[C@H](CCCCN)NC(=O)[C@H](CS)NC(=O)CNC(=O)[C@H](N)CO)[C@@H](Cc1ccccc1)C(=O)N[C@@H](Cc1c[nH]c2ccccc12)C(=O)N[C@@H](CCCCN)C(=O)N[C@H](C(=O)N[C@@H](Cc1ccccc1)C(=O)N[C@H](C(=O)N([2H])[C@@H](CO)C(=O)N[C@@H](CS)C(=O)O)[C@@H](C)O)[C@@H](C)O. The molecule has 0 bridgehead atoms. The number of aliphatic carboxylic acids is 1. The number of aliphatic hydroxyl groups is 4. The van der Waals surface area contributed by atoms with Gasteiger partial charge in [0.15, 0.2) is 2.82 Å². The molecule has 0 aliphatic heterocycles. The molecule has 0 saturated carbocycles. The number of benzene rings is 4. The van der Waals surface area contributed by atoms with Gasteiger partial charge >= 0.3 is 5.97 Å². The fourth-order valence-electron chi connectivity index (χ4n) is 11.4. The number of nitrogens with two attached hydrogens (primary N) is 3. The average Bonchev–Trinajstić information content (AvgIpc) is 1.72. The van der Waals surface area contributed by atoms with E-state index in [0.717, 1.165) is 13.8 Å². The maximum absolute atomic E-state index is 15.4. The van der Waals surface area contributed by atoms with Crippen LogP contribution in [0.1, 0.15) is 81.5 Å². The predicted molar refractivity (Wildman–Crippen MR) is 421 cm³/mol. The molecule has 0 spiro atoms. The van der Waals surface area contributed by atoms with E-state index in [-0.39, 0.29) is 75.5 Å². The summed E-state index contributed by atoms with van der Waals surface area (Å²) in [6.07, 6.45) is -2.42. The number of unbranched alkanes of at least 4 members (excludes halogenated alkanes) is 2. The number of fused-ring (bicyclic) bond motifs is 1. The van der Waals surface area contributed by atoms with E-state index in [1.54, 1.807) is 121 Å². The maximum Gasteiger partial charge on any atom is 0.327 e. The fourth-order valence-corrected chi connectivity index (χ4v) is 11.9. The second kappa shape index (κ2) is 48.4. The molecule has 38 heteroatoms. The molecule has 0 fully saturated rings. The first-order chi connectivity index (χ1) is 54.8. The van der Waals surface area contributed by atoms with Crippen molar-refractivity contribution in [1.29, 1.82) is 0 Å². The van der Waals surface area contributed by atoms with Crippen LogP contribution < -0.4 is 86.3 Å². The van der Waals surface area contributed by atoms with Crippen LogP contribution in [0.2, 0.25) is 2.82 Å². The van der Waals surface area contributed by atoms with Crippen molar-refractivity contribution in [1.82, 2.24) is 74.1 Å². The molecular weight excluding hydrogens is 1510 g/mol. The van der Waals surface area contributed by atoms with Gasteiger partial charge in [-0.15, -0.1) is 0 Å². The largest absolute Gasteiger partial charge is 0.480 e. The van der Waals surface area contributed by atoms with Gasteiger partial charge < -0.3 is 117 Å². The maximum atomic E-state index is 15.4. The van der Waals surface area contributed by atoms with Crippen LogP contribution in [0, 0.1) is 0 Å². The van der Waals surface area contributed by atoms with Gasteiger partial charge in [-0.05, 0) is 101 Å². The van der Waals surface area contributed by atoms with Crippen LogP contribution in [0.3, 0.4) is 0 Å². The molecule has 13 amide bonds. The molecule has 0 aliphatic carbocycles. The van der Waals surface area contributed by atoms with Gasteiger partial charge in [0.25, 0.3) is 0 Å². The van der Waals surface area contributed by atoms with Crippen molar-refractivity contribution in [3.63, 3.8) is 0 Å². The molecule has 5 rings (SSSR count). The van der Waals surface area contributed by atoms with Crippen molar-refractivity contribution in [3.8, 4) is 0 Å². The van der Waals surface area contributed by atoms with Gasteiger partial charge in [0, 0.05) is 54.3 Å². The number of carbonyl (C=O) groups excluding carboxylic acids is 13. The van der Waals surface area contributed by atoms with E-state index in [1.807, 2.05) is 5.32 Å². The lowest BCUT2D eigenvalue weighted by Crippen LogP contribution is -2.63. The Hall–Kier alpha value is -10.6. The summed E-state index contributed by atoms with van der Waals surface area (Å²) < 4.78 is 18.1. The van der Waals surface area contributed by atoms with Crippen LogP contribution >= 0.6 is 25.3 Å². The van der Waals surface area contributed by atoms with Crippen molar-refractivity contribution in [2.45, 2.75) is 176 Å². The molecule has 0 aliphatic rings. The molecule has 0 radical (unpaired) electrons. The lowest BCUT2D eigenvalue weighted by Gasteiger charge is -2.29. The highest BCUT2D eigenvalue weighted by Gasteiger charge is 2.39. The summed E-state index contributed by atoms with van der Waals surface area (Å²) in [5.41, 5.74) is 19.5. The number of aromatic nitrogens is 1. The summed E-state index contributed by atoms with van der Waals surface area (Å²) >= 11 is 8.06. The molecular formula is C75H105N17O19S2.